The van der Waals surface area contributed by atoms with Gasteiger partial charge in [0.15, 0.2) is 0 Å². The van der Waals surface area contributed by atoms with E-state index in [1.807, 2.05) is 36.7 Å². The molecule has 8 rings (SSSR count). The Kier molecular flexibility index (Phi) is 10.2. The van der Waals surface area contributed by atoms with Crippen LogP contribution in [0.5, 0.6) is 0 Å². The third kappa shape index (κ3) is 7.48. The Morgan fingerprint density at radius 3 is 2.24 bits per heavy atom. The molecule has 0 aliphatic carbocycles. The SMILES string of the molecule is CC(C)(C)Cc1ccnc(-c2[c-]ccc(-c3cccc4c3ccc3oc5ccccc5c34)c2)c1.Cc1c[c-]c(-c2cc(C)c(C)cn2)cc1.[Ir]. The summed E-state index contributed by atoms with van der Waals surface area (Å²) >= 11 is 0. The summed E-state index contributed by atoms with van der Waals surface area (Å²) in [6.45, 7) is 13.0. The summed E-state index contributed by atoms with van der Waals surface area (Å²) in [6, 6.07) is 44.6. The van der Waals surface area contributed by atoms with Crippen LogP contribution in [0.25, 0.3) is 66.4 Å². The number of aromatic nitrogens is 2. The van der Waals surface area contributed by atoms with Crippen molar-refractivity contribution in [3.63, 3.8) is 0 Å². The number of hydrogen-bond donors (Lipinski definition) is 0. The molecule has 50 heavy (non-hydrogen) atoms. The summed E-state index contributed by atoms with van der Waals surface area (Å²) in [4.78, 5) is 9.07. The second kappa shape index (κ2) is 14.5. The van der Waals surface area contributed by atoms with Gasteiger partial charge >= 0.3 is 0 Å². The van der Waals surface area contributed by atoms with Crippen molar-refractivity contribution in [2.45, 2.75) is 48.0 Å². The van der Waals surface area contributed by atoms with Gasteiger partial charge in [0, 0.05) is 43.3 Å². The van der Waals surface area contributed by atoms with Crippen molar-refractivity contribution in [2.24, 2.45) is 5.41 Å². The van der Waals surface area contributed by atoms with Gasteiger partial charge in [0.2, 0.25) is 0 Å². The molecule has 3 nitrogen and oxygen atoms in total. The van der Waals surface area contributed by atoms with Gasteiger partial charge in [0.25, 0.3) is 0 Å². The van der Waals surface area contributed by atoms with Gasteiger partial charge in [0.1, 0.15) is 11.2 Å². The van der Waals surface area contributed by atoms with Crippen molar-refractivity contribution in [3.8, 4) is 33.6 Å². The Morgan fingerprint density at radius 1 is 0.660 bits per heavy atom. The molecule has 5 aromatic carbocycles. The molecule has 0 saturated heterocycles. The predicted molar refractivity (Wildman–Crippen MR) is 205 cm³/mol. The first-order valence-corrected chi connectivity index (χ1v) is 16.9. The summed E-state index contributed by atoms with van der Waals surface area (Å²) in [5.74, 6) is 0. The van der Waals surface area contributed by atoms with Crippen LogP contribution in [0, 0.1) is 38.3 Å². The molecular formula is C46H40IrN2O-2. The third-order valence-electron chi connectivity index (χ3n) is 8.96. The molecule has 251 valence electrons. The molecular weight excluding hydrogens is 789 g/mol. The van der Waals surface area contributed by atoms with E-state index >= 15 is 0 Å². The number of nitrogens with zero attached hydrogens (tertiary/aromatic N) is 2. The normalized spacial score (nSPS) is 11.3. The number of para-hydroxylation sites is 1. The zero-order valence-electron chi connectivity index (χ0n) is 29.4. The largest absolute Gasteiger partial charge is 0.456 e. The molecule has 1 radical (unpaired) electrons. The fourth-order valence-electron chi connectivity index (χ4n) is 6.39. The average molecular weight is 829 g/mol. The maximum atomic E-state index is 6.12. The van der Waals surface area contributed by atoms with Crippen molar-refractivity contribution >= 4 is 32.7 Å². The van der Waals surface area contributed by atoms with Crippen LogP contribution < -0.4 is 0 Å². The van der Waals surface area contributed by atoms with Crippen LogP contribution in [0.2, 0.25) is 0 Å². The molecule has 0 aliphatic heterocycles. The van der Waals surface area contributed by atoms with Gasteiger partial charge in [-0.25, -0.2) is 0 Å². The molecule has 0 bridgehead atoms. The fourth-order valence-corrected chi connectivity index (χ4v) is 6.39. The summed E-state index contributed by atoms with van der Waals surface area (Å²) in [7, 11) is 0. The molecule has 0 fully saturated rings. The molecule has 0 unspecified atom stereocenters. The van der Waals surface area contributed by atoms with Crippen LogP contribution in [0.1, 0.15) is 43.0 Å². The van der Waals surface area contributed by atoms with Gasteiger partial charge in [-0.3, -0.25) is 0 Å². The molecule has 0 amide bonds. The quantitative estimate of drug-likeness (QED) is 0.166. The van der Waals surface area contributed by atoms with Crippen LogP contribution >= 0.6 is 0 Å². The molecule has 0 atom stereocenters. The minimum absolute atomic E-state index is 0. The Balaban J connectivity index is 0.000000227. The standard InChI is InChI=1S/C32H26NO.C14H14N.Ir/c1-32(2,3)20-21-16-17-33-28(18-21)23-9-6-8-22(19-23)24-11-7-12-26-25(24)14-15-30-31(26)27-10-4-5-13-29(27)34-30;1-10-4-6-13(7-5-10)14-8-11(2)12(3)9-15-14;/h4-8,10-19H,20H2,1-3H3;4-6,8-9H,1-3H3;/q2*-1;. The maximum absolute atomic E-state index is 6.12. The Morgan fingerprint density at radius 2 is 1.46 bits per heavy atom. The summed E-state index contributed by atoms with van der Waals surface area (Å²) in [5.41, 5.74) is 13.5. The van der Waals surface area contributed by atoms with E-state index in [0.717, 1.165) is 51.1 Å². The van der Waals surface area contributed by atoms with Gasteiger partial charge < -0.3 is 14.4 Å². The number of fused-ring (bicyclic) bond motifs is 5. The molecule has 8 aromatic rings. The zero-order chi connectivity index (χ0) is 34.1. The zero-order valence-corrected chi connectivity index (χ0v) is 31.8. The van der Waals surface area contributed by atoms with E-state index in [1.165, 1.54) is 44.0 Å². The van der Waals surface area contributed by atoms with Crippen LogP contribution in [-0.2, 0) is 26.5 Å². The van der Waals surface area contributed by atoms with Gasteiger partial charge in [-0.2, -0.15) is 0 Å². The molecule has 0 spiro atoms. The van der Waals surface area contributed by atoms with Gasteiger partial charge in [-0.15, -0.1) is 70.8 Å². The number of rotatable bonds is 4. The Labute approximate surface area is 308 Å². The van der Waals surface area contributed by atoms with E-state index in [4.69, 9.17) is 4.42 Å². The van der Waals surface area contributed by atoms with E-state index < -0.39 is 0 Å². The Bertz CT molecular complexity index is 2430. The minimum atomic E-state index is 0. The topological polar surface area (TPSA) is 38.9 Å². The van der Waals surface area contributed by atoms with Crippen molar-refractivity contribution in [2.75, 3.05) is 0 Å². The Hall–Kier alpha value is -4.89. The number of hydrogen-bond acceptors (Lipinski definition) is 3. The van der Waals surface area contributed by atoms with Crippen LogP contribution in [0.4, 0.5) is 0 Å². The first-order valence-electron chi connectivity index (χ1n) is 16.9. The smallest absolute Gasteiger partial charge is 0.136 e. The predicted octanol–water partition coefficient (Wildman–Crippen LogP) is 12.3. The van der Waals surface area contributed by atoms with Crippen molar-refractivity contribution in [3.05, 3.63) is 156 Å². The van der Waals surface area contributed by atoms with Crippen molar-refractivity contribution in [1.29, 1.82) is 0 Å². The molecule has 0 N–H and O–H groups in total. The summed E-state index contributed by atoms with van der Waals surface area (Å²) in [6.07, 6.45) is 4.84. The monoisotopic (exact) mass is 829 g/mol. The molecule has 0 aliphatic rings. The first-order chi connectivity index (χ1) is 23.6. The summed E-state index contributed by atoms with van der Waals surface area (Å²) < 4.78 is 6.12. The van der Waals surface area contributed by atoms with E-state index in [0.29, 0.717) is 0 Å². The maximum Gasteiger partial charge on any atom is 0.136 e. The van der Waals surface area contributed by atoms with Gasteiger partial charge in [-0.1, -0.05) is 93.4 Å². The molecule has 3 heterocycles. The molecule has 3 aromatic heterocycles. The number of benzene rings is 5. The molecule has 0 saturated carbocycles. The number of furan rings is 1. The van der Waals surface area contributed by atoms with Crippen LogP contribution in [0.15, 0.2) is 126 Å². The van der Waals surface area contributed by atoms with E-state index in [2.05, 4.69) is 149 Å². The van der Waals surface area contributed by atoms with E-state index in [9.17, 15) is 0 Å². The number of pyridine rings is 2. The second-order valence-electron chi connectivity index (χ2n) is 14.1. The van der Waals surface area contributed by atoms with E-state index in [1.54, 1.807) is 0 Å². The van der Waals surface area contributed by atoms with Gasteiger partial charge in [0.05, 0.1) is 0 Å². The fraction of sp³-hybridized carbons (Fsp3) is 0.174. The number of aryl methyl sites for hydroxylation is 3. The average Bonchev–Trinajstić information content (AvgIpc) is 3.49. The molecule has 4 heteroatoms. The van der Waals surface area contributed by atoms with Crippen molar-refractivity contribution < 1.29 is 24.5 Å². The van der Waals surface area contributed by atoms with Crippen molar-refractivity contribution in [1.82, 2.24) is 9.97 Å². The second-order valence-corrected chi connectivity index (χ2v) is 14.1. The minimum Gasteiger partial charge on any atom is -0.456 e. The van der Waals surface area contributed by atoms with Gasteiger partial charge in [-0.05, 0) is 77.2 Å². The first kappa shape index (κ1) is 35.0. The third-order valence-corrected chi connectivity index (χ3v) is 8.96. The van der Waals surface area contributed by atoms with Crippen LogP contribution in [0.3, 0.4) is 0 Å². The van der Waals surface area contributed by atoms with Crippen LogP contribution in [-0.4, -0.2) is 9.97 Å². The summed E-state index contributed by atoms with van der Waals surface area (Å²) in [5, 5.41) is 4.75. The van der Waals surface area contributed by atoms with E-state index in [-0.39, 0.29) is 25.5 Å².